The highest BCUT2D eigenvalue weighted by Crippen LogP contribution is 2.30. The molecule has 0 saturated carbocycles. The molecule has 12 atom stereocenters. The van der Waals surface area contributed by atoms with Gasteiger partial charge in [-0.25, -0.2) is 8.98 Å². The van der Waals surface area contributed by atoms with E-state index in [0.717, 1.165) is 12.0 Å². The van der Waals surface area contributed by atoms with Crippen LogP contribution in [0, 0.1) is 17.8 Å². The lowest BCUT2D eigenvalue weighted by Crippen LogP contribution is -2.66. The highest BCUT2D eigenvalue weighted by Gasteiger charge is 2.47. The molecule has 412 valence electrons. The molecule has 2 aliphatic heterocycles. The van der Waals surface area contributed by atoms with Gasteiger partial charge in [-0.3, -0.25) is 38.1 Å². The van der Waals surface area contributed by atoms with E-state index >= 15 is 4.79 Å². The van der Waals surface area contributed by atoms with Crippen molar-refractivity contribution in [1.82, 2.24) is 36.4 Å². The number of esters is 1. The van der Waals surface area contributed by atoms with Crippen LogP contribution in [0.4, 0.5) is 0 Å². The van der Waals surface area contributed by atoms with Crippen molar-refractivity contribution in [2.24, 2.45) is 23.5 Å². The van der Waals surface area contributed by atoms with Crippen LogP contribution >= 0.6 is 15.9 Å². The van der Waals surface area contributed by atoms with E-state index in [9.17, 15) is 47.1 Å². The molecule has 0 unspecified atom stereocenters. The smallest absolute Gasteiger partial charge is 0.397 e. The number of amides is 7. The van der Waals surface area contributed by atoms with Crippen LogP contribution in [-0.4, -0.2) is 170 Å². The van der Waals surface area contributed by atoms with Crippen LogP contribution in [0.1, 0.15) is 99.0 Å². The first-order valence-electron chi connectivity index (χ1n) is 24.4. The topological polar surface area (TPSA) is 341 Å². The number of aliphatic hydroxyl groups is 1. The number of nitrogens with two attached hydrogens (primary N) is 1. The number of halogens is 1. The first-order valence-corrected chi connectivity index (χ1v) is 26.6. The fourth-order valence-corrected chi connectivity index (χ4v) is 9.29. The molecule has 7 amide bonds. The quantitative estimate of drug-likeness (QED) is 0.0492. The van der Waals surface area contributed by atoms with E-state index in [1.54, 1.807) is 45.9 Å². The molecule has 1 aromatic carbocycles. The van der Waals surface area contributed by atoms with Gasteiger partial charge in [0.15, 0.2) is 6.10 Å². The molecule has 9 N–H and O–H groups in total. The number of piperidine rings is 1. The SMILES string of the molecule is CC[C@@H](C)[C@H]1C(=O)N(C)[C@@H](Cc2ccc(OC)c(Br)c2)C(=O)N[C@@H]([C@@H](C)CC)C(=O)O[C@H](C)[C@H](NC(=O)[C@H](NC(=O)[C@@H](COS(=O)(=O)O)OC)C(C)C)C(=O)N[C@@H](CCCCN)C(=O)N[C@H]2CC[C@@H](O)N1C2=O. The molecule has 2 heterocycles. The summed E-state index contributed by atoms with van der Waals surface area (Å²) in [6, 6.07) is -5.08. The number of hydrogen-bond donors (Lipinski definition) is 8. The van der Waals surface area contributed by atoms with Gasteiger partial charge in [0.05, 0.1) is 11.6 Å². The van der Waals surface area contributed by atoms with E-state index in [1.165, 1.54) is 39.8 Å². The lowest BCUT2D eigenvalue weighted by Gasteiger charge is -2.44. The van der Waals surface area contributed by atoms with Crippen molar-refractivity contribution in [3.8, 4) is 5.75 Å². The van der Waals surface area contributed by atoms with Gasteiger partial charge in [-0.1, -0.05) is 60.5 Å². The number of cyclic esters (lactones) is 1. The molecule has 73 heavy (non-hydrogen) atoms. The van der Waals surface area contributed by atoms with Crippen molar-refractivity contribution in [2.75, 3.05) is 34.4 Å². The number of carbonyl (C=O) groups is 8. The molecule has 0 aromatic heterocycles. The van der Waals surface area contributed by atoms with Gasteiger partial charge >= 0.3 is 16.4 Å². The Balaban J connectivity index is 2.27. The fraction of sp³-hybridized carbons (Fsp3) is 0.702. The van der Waals surface area contributed by atoms with Crippen molar-refractivity contribution < 1.29 is 74.8 Å². The van der Waals surface area contributed by atoms with Crippen LogP contribution in [0.2, 0.25) is 0 Å². The van der Waals surface area contributed by atoms with Gasteiger partial charge in [-0.15, -0.1) is 0 Å². The van der Waals surface area contributed by atoms with Crippen molar-refractivity contribution in [3.63, 3.8) is 0 Å². The Morgan fingerprint density at radius 3 is 2.15 bits per heavy atom. The van der Waals surface area contributed by atoms with Gasteiger partial charge in [-0.05, 0) is 97.0 Å². The summed E-state index contributed by atoms with van der Waals surface area (Å²) in [5, 5.41) is 24.6. The average Bonchev–Trinajstić information content (AvgIpc) is 3.33. The van der Waals surface area contributed by atoms with E-state index in [1.807, 2.05) is 0 Å². The third-order valence-corrected chi connectivity index (χ3v) is 14.3. The van der Waals surface area contributed by atoms with Crippen molar-refractivity contribution >= 4 is 73.6 Å². The second-order valence-corrected chi connectivity index (χ2v) is 20.8. The van der Waals surface area contributed by atoms with Crippen LogP contribution in [0.3, 0.4) is 0 Å². The van der Waals surface area contributed by atoms with Gasteiger partial charge < -0.3 is 61.4 Å². The van der Waals surface area contributed by atoms with Gasteiger partial charge in [0, 0.05) is 20.6 Å². The fourth-order valence-electron chi connectivity index (χ4n) is 8.41. The van der Waals surface area contributed by atoms with Crippen molar-refractivity contribution in [3.05, 3.63) is 28.2 Å². The number of benzene rings is 1. The molecule has 2 bridgehead atoms. The molecule has 1 aromatic rings. The third kappa shape index (κ3) is 17.3. The molecule has 2 saturated heterocycles. The standard InChI is InChI=1S/C47H75BrN8O16S/c1-11-25(5)37-47(65)72-27(7)38(54-43(61)36(24(3)4)52-42(60)34(70-10)23-71-73(66,67)68)44(62)50-30(15-13-14-20-49)40(58)51-31-17-19-35(57)56(45(31)63)39(26(6)12-2)46(64)55(8)32(41(59)53-37)22-28-16-18-33(69-9)29(48)21-28/h16,18,21,24-27,30-32,34-39,57H,11-15,17,19-20,22-23,49H2,1-10H3,(H,50,62)(H,51,58)(H,52,60)(H,53,59)(H,54,61)(H,66,67,68)/t25-,26+,27+,30-,31-,32-,34+,35+,36+,37-,38-,39-/m0/s1. The maximum atomic E-state index is 15.0. The Kier molecular flexibility index (Phi) is 24.4. The number of nitrogens with one attached hydrogen (secondary N) is 5. The molecule has 0 spiro atoms. The molecule has 2 aliphatic rings. The molecule has 0 radical (unpaired) electrons. The molecular formula is C47H75BrN8O16S. The van der Waals surface area contributed by atoms with E-state index in [2.05, 4.69) is 46.7 Å². The average molecular weight is 1120 g/mol. The summed E-state index contributed by atoms with van der Waals surface area (Å²) >= 11 is 3.47. The summed E-state index contributed by atoms with van der Waals surface area (Å²) < 4.78 is 52.8. The number of aliphatic hydroxyl groups excluding tert-OH is 1. The maximum absolute atomic E-state index is 15.0. The number of ether oxygens (including phenoxy) is 3. The predicted molar refractivity (Wildman–Crippen MR) is 267 cm³/mol. The monoisotopic (exact) mass is 1120 g/mol. The van der Waals surface area contributed by atoms with Crippen LogP contribution in [0.15, 0.2) is 22.7 Å². The van der Waals surface area contributed by atoms with E-state index in [0.29, 0.717) is 41.5 Å². The highest BCUT2D eigenvalue weighted by molar-refractivity contribution is 9.10. The van der Waals surface area contributed by atoms with Crippen molar-refractivity contribution in [2.45, 2.75) is 161 Å². The van der Waals surface area contributed by atoms with Gasteiger partial charge in [0.25, 0.3) is 5.91 Å². The summed E-state index contributed by atoms with van der Waals surface area (Å²) in [7, 11) is -1.08. The molecule has 24 nitrogen and oxygen atoms in total. The van der Waals surface area contributed by atoms with E-state index in [4.69, 9.17) is 24.5 Å². The Morgan fingerprint density at radius 2 is 1.59 bits per heavy atom. The zero-order valence-corrected chi connectivity index (χ0v) is 45.6. The normalized spacial score (nSPS) is 25.7. The van der Waals surface area contributed by atoms with Crippen molar-refractivity contribution in [1.29, 1.82) is 0 Å². The number of hydrogen-bond acceptors (Lipinski definition) is 16. The summed E-state index contributed by atoms with van der Waals surface area (Å²) in [6.07, 6.45) is -3.62. The molecule has 0 aliphatic carbocycles. The first-order chi connectivity index (χ1) is 34.2. The van der Waals surface area contributed by atoms with Crippen LogP contribution in [-0.2, 0) is 68.8 Å². The zero-order valence-electron chi connectivity index (χ0n) is 43.2. The number of unbranched alkanes of at least 4 members (excludes halogenated alkanes) is 1. The lowest BCUT2D eigenvalue weighted by atomic mass is 9.91. The summed E-state index contributed by atoms with van der Waals surface area (Å²) in [5.41, 5.74) is 6.34. The van der Waals surface area contributed by atoms with E-state index in [-0.39, 0.29) is 32.2 Å². The van der Waals surface area contributed by atoms with E-state index < -0.39 is 143 Å². The number of likely N-dealkylation sites (N-methyl/N-ethyl adjacent to an activating group) is 1. The minimum Gasteiger partial charge on any atom is -0.496 e. The number of fused-ring (bicyclic) bond motifs is 2. The molecule has 26 heteroatoms. The number of methoxy groups -OCH3 is 2. The van der Waals surface area contributed by atoms with Gasteiger partial charge in [0.2, 0.25) is 35.4 Å². The Bertz CT molecular complexity index is 2220. The maximum Gasteiger partial charge on any atom is 0.397 e. The number of rotatable bonds is 20. The van der Waals surface area contributed by atoms with Crippen LogP contribution in [0.5, 0.6) is 5.75 Å². The molecule has 3 rings (SSSR count). The largest absolute Gasteiger partial charge is 0.496 e. The van der Waals surface area contributed by atoms with Crippen LogP contribution < -0.4 is 37.1 Å². The second kappa shape index (κ2) is 28.6. The first kappa shape index (κ1) is 62.3. The summed E-state index contributed by atoms with van der Waals surface area (Å²) in [4.78, 5) is 118. The predicted octanol–water partition coefficient (Wildman–Crippen LogP) is 0.218. The van der Waals surface area contributed by atoms with Gasteiger partial charge in [0.1, 0.15) is 67.0 Å². The number of nitrogens with zero attached hydrogens (tertiary/aromatic N) is 2. The minimum atomic E-state index is -4.99. The summed E-state index contributed by atoms with van der Waals surface area (Å²) in [6.45, 7) is 10.5. The Labute approximate surface area is 435 Å². The highest BCUT2D eigenvalue weighted by atomic mass is 79.9. The van der Waals surface area contributed by atoms with Crippen LogP contribution in [0.25, 0.3) is 0 Å². The molecule has 2 fully saturated rings. The lowest BCUT2D eigenvalue weighted by molar-refractivity contribution is -0.168. The molecular weight excluding hydrogens is 1040 g/mol. The van der Waals surface area contributed by atoms with Gasteiger partial charge in [-0.2, -0.15) is 8.42 Å². The minimum absolute atomic E-state index is 0.0291. The summed E-state index contributed by atoms with van der Waals surface area (Å²) in [5.74, 6) is -8.75. The third-order valence-electron chi connectivity index (χ3n) is 13.3. The Hall–Kier alpha value is -4.99. The Morgan fingerprint density at radius 1 is 0.932 bits per heavy atom. The zero-order chi connectivity index (χ0) is 55.1. The number of carbonyl (C=O) groups excluding carboxylic acids is 8. The second-order valence-electron chi connectivity index (χ2n) is 18.8.